The van der Waals surface area contributed by atoms with Gasteiger partial charge in [-0.25, -0.2) is 0 Å². The summed E-state index contributed by atoms with van der Waals surface area (Å²) in [4.78, 5) is 12.5. The number of amides is 1. The number of halogens is 1. The number of hydrogen-bond acceptors (Lipinski definition) is 1. The first-order valence-electron chi connectivity index (χ1n) is 8.51. The first kappa shape index (κ1) is 18.7. The molecular weight excluding hydrogens is 362 g/mol. The number of hydrogen-bond donors (Lipinski definition) is 1. The predicted molar refractivity (Wildman–Crippen MR) is 106 cm³/mol. The van der Waals surface area contributed by atoms with Gasteiger partial charge in [0, 0.05) is 10.0 Å². The molecular formula is C21H26BrNO. The lowest BCUT2D eigenvalue weighted by atomic mass is 9.87. The van der Waals surface area contributed by atoms with Gasteiger partial charge in [-0.2, -0.15) is 0 Å². The van der Waals surface area contributed by atoms with Crippen LogP contribution in [0.4, 0.5) is 5.69 Å². The van der Waals surface area contributed by atoms with Gasteiger partial charge in [0.1, 0.15) is 0 Å². The maximum Gasteiger partial charge on any atom is 0.255 e. The zero-order chi connectivity index (χ0) is 17.7. The second kappa shape index (κ2) is 7.98. The molecule has 0 atom stereocenters. The van der Waals surface area contributed by atoms with E-state index in [1.54, 1.807) is 0 Å². The van der Waals surface area contributed by atoms with Gasteiger partial charge in [0.05, 0.1) is 5.69 Å². The molecule has 3 heteroatoms. The second-order valence-electron chi connectivity index (χ2n) is 7.20. The maximum absolute atomic E-state index is 12.5. The zero-order valence-corrected chi connectivity index (χ0v) is 16.5. The summed E-state index contributed by atoms with van der Waals surface area (Å²) in [7, 11) is 0. The molecule has 0 aliphatic heterocycles. The lowest BCUT2D eigenvalue weighted by Gasteiger charge is -2.19. The number of aryl methyl sites for hydroxylation is 1. The van der Waals surface area contributed by atoms with Gasteiger partial charge in [-0.05, 0) is 69.6 Å². The third-order valence-corrected chi connectivity index (χ3v) is 4.77. The van der Waals surface area contributed by atoms with Crippen molar-refractivity contribution in [1.82, 2.24) is 0 Å². The van der Waals surface area contributed by atoms with Crippen molar-refractivity contribution in [3.05, 3.63) is 63.6 Å². The van der Waals surface area contributed by atoms with E-state index in [4.69, 9.17) is 0 Å². The van der Waals surface area contributed by atoms with Gasteiger partial charge in [-0.15, -0.1) is 0 Å². The Morgan fingerprint density at radius 2 is 1.75 bits per heavy atom. The molecule has 2 nitrogen and oxygen atoms in total. The van der Waals surface area contributed by atoms with Gasteiger partial charge in [-0.3, -0.25) is 4.79 Å². The Bertz CT molecular complexity index is 699. The third kappa shape index (κ3) is 4.94. The van der Waals surface area contributed by atoms with Gasteiger partial charge < -0.3 is 5.32 Å². The lowest BCUT2D eigenvalue weighted by molar-refractivity contribution is 0.102. The van der Waals surface area contributed by atoms with Crippen LogP contribution >= 0.6 is 15.9 Å². The van der Waals surface area contributed by atoms with Crippen LogP contribution in [0.25, 0.3) is 0 Å². The summed E-state index contributed by atoms with van der Waals surface area (Å²) in [6.45, 7) is 8.69. The predicted octanol–water partition coefficient (Wildman–Crippen LogP) is 6.34. The number of carbonyl (C=O) groups is 1. The van der Waals surface area contributed by atoms with Crippen molar-refractivity contribution in [2.24, 2.45) is 0 Å². The summed E-state index contributed by atoms with van der Waals surface area (Å²) in [5.41, 5.74) is 4.08. The fourth-order valence-electron chi connectivity index (χ4n) is 2.51. The molecule has 0 bridgehead atoms. The zero-order valence-electron chi connectivity index (χ0n) is 14.9. The highest BCUT2D eigenvalue weighted by Gasteiger charge is 2.14. The minimum atomic E-state index is -0.0857. The van der Waals surface area contributed by atoms with Crippen molar-refractivity contribution in [3.63, 3.8) is 0 Å². The number of rotatable bonds is 5. The van der Waals surface area contributed by atoms with Crippen molar-refractivity contribution in [2.45, 2.75) is 52.4 Å². The van der Waals surface area contributed by atoms with Crippen LogP contribution < -0.4 is 5.32 Å². The summed E-state index contributed by atoms with van der Waals surface area (Å²) in [5.74, 6) is -0.0857. The first-order valence-corrected chi connectivity index (χ1v) is 9.31. The Morgan fingerprint density at radius 3 is 2.29 bits per heavy atom. The van der Waals surface area contributed by atoms with Crippen molar-refractivity contribution < 1.29 is 4.79 Å². The fraction of sp³-hybridized carbons (Fsp3) is 0.381. The molecule has 0 spiro atoms. The van der Waals surface area contributed by atoms with Crippen LogP contribution in [-0.2, 0) is 11.8 Å². The molecule has 128 valence electrons. The molecule has 24 heavy (non-hydrogen) atoms. The van der Waals surface area contributed by atoms with Gasteiger partial charge in [0.25, 0.3) is 5.91 Å². The molecule has 2 rings (SSSR count). The quantitative estimate of drug-likeness (QED) is 0.636. The van der Waals surface area contributed by atoms with Crippen molar-refractivity contribution in [3.8, 4) is 0 Å². The van der Waals surface area contributed by atoms with Crippen LogP contribution in [0.1, 0.15) is 62.0 Å². The Balaban J connectivity index is 2.09. The van der Waals surface area contributed by atoms with Gasteiger partial charge in [0.15, 0.2) is 0 Å². The molecule has 1 amide bonds. The summed E-state index contributed by atoms with van der Waals surface area (Å²) in [6.07, 6.45) is 3.43. The summed E-state index contributed by atoms with van der Waals surface area (Å²) >= 11 is 3.56. The lowest BCUT2D eigenvalue weighted by Crippen LogP contribution is -2.14. The number of anilines is 1. The van der Waals surface area contributed by atoms with Crippen LogP contribution in [0.15, 0.2) is 46.9 Å². The highest BCUT2D eigenvalue weighted by atomic mass is 79.9. The van der Waals surface area contributed by atoms with Crippen LogP contribution in [-0.4, -0.2) is 5.91 Å². The van der Waals surface area contributed by atoms with E-state index >= 15 is 0 Å². The summed E-state index contributed by atoms with van der Waals surface area (Å²) < 4.78 is 0.927. The average molecular weight is 388 g/mol. The number of unbranched alkanes of at least 4 members (excludes halogenated alkanes) is 1. The highest BCUT2D eigenvalue weighted by Crippen LogP contribution is 2.26. The van der Waals surface area contributed by atoms with E-state index in [0.29, 0.717) is 5.56 Å². The van der Waals surface area contributed by atoms with Gasteiger partial charge >= 0.3 is 0 Å². The largest absolute Gasteiger partial charge is 0.321 e. The third-order valence-electron chi connectivity index (χ3n) is 4.11. The molecule has 0 radical (unpaired) electrons. The molecule has 0 unspecified atom stereocenters. The van der Waals surface area contributed by atoms with Gasteiger partial charge in [-0.1, -0.05) is 52.3 Å². The van der Waals surface area contributed by atoms with E-state index in [2.05, 4.69) is 61.1 Å². The van der Waals surface area contributed by atoms with E-state index in [1.165, 1.54) is 24.0 Å². The maximum atomic E-state index is 12.5. The smallest absolute Gasteiger partial charge is 0.255 e. The molecule has 0 saturated heterocycles. The molecule has 0 aliphatic carbocycles. The molecule has 0 heterocycles. The molecule has 2 aromatic carbocycles. The second-order valence-corrected chi connectivity index (χ2v) is 8.05. The normalized spacial score (nSPS) is 11.4. The minimum Gasteiger partial charge on any atom is -0.321 e. The summed E-state index contributed by atoms with van der Waals surface area (Å²) in [5, 5.41) is 2.98. The van der Waals surface area contributed by atoms with Crippen molar-refractivity contribution >= 4 is 27.5 Å². The standard InChI is InChI=1S/C21H26BrNO/c1-5-6-7-15-8-13-19(18(22)14-15)23-20(24)16-9-11-17(12-10-16)21(2,3)4/h8-14H,5-7H2,1-4H3,(H,23,24). The molecule has 0 aromatic heterocycles. The number of benzene rings is 2. The Morgan fingerprint density at radius 1 is 1.08 bits per heavy atom. The van der Waals surface area contributed by atoms with Crippen LogP contribution in [0.5, 0.6) is 0 Å². The number of carbonyl (C=O) groups excluding carboxylic acids is 1. The SMILES string of the molecule is CCCCc1ccc(NC(=O)c2ccc(C(C)(C)C)cc2)c(Br)c1. The van der Waals surface area contributed by atoms with Crippen LogP contribution in [0.3, 0.4) is 0 Å². The Kier molecular flexibility index (Phi) is 6.22. The molecule has 0 aliphatic rings. The van der Waals surface area contributed by atoms with E-state index < -0.39 is 0 Å². The van der Waals surface area contributed by atoms with Crippen molar-refractivity contribution in [1.29, 1.82) is 0 Å². The van der Waals surface area contributed by atoms with E-state index in [-0.39, 0.29) is 11.3 Å². The van der Waals surface area contributed by atoms with Crippen LogP contribution in [0, 0.1) is 0 Å². The highest BCUT2D eigenvalue weighted by molar-refractivity contribution is 9.10. The molecule has 2 aromatic rings. The van der Waals surface area contributed by atoms with Gasteiger partial charge in [0.2, 0.25) is 0 Å². The molecule has 0 saturated carbocycles. The van der Waals surface area contributed by atoms with Crippen LogP contribution in [0.2, 0.25) is 0 Å². The minimum absolute atomic E-state index is 0.0857. The molecule has 0 fully saturated rings. The van der Waals surface area contributed by atoms with Crippen molar-refractivity contribution in [2.75, 3.05) is 5.32 Å². The Hall–Kier alpha value is -1.61. The Labute approximate surface area is 153 Å². The number of nitrogens with one attached hydrogen (secondary N) is 1. The van der Waals surface area contributed by atoms with E-state index in [9.17, 15) is 4.79 Å². The monoisotopic (exact) mass is 387 g/mol. The fourth-order valence-corrected chi connectivity index (χ4v) is 3.04. The first-order chi connectivity index (χ1) is 11.3. The summed E-state index contributed by atoms with van der Waals surface area (Å²) in [6, 6.07) is 14.0. The molecule has 1 N–H and O–H groups in total. The van der Waals surface area contributed by atoms with E-state index in [1.807, 2.05) is 30.3 Å². The van der Waals surface area contributed by atoms with E-state index in [0.717, 1.165) is 16.6 Å². The topological polar surface area (TPSA) is 29.1 Å². The average Bonchev–Trinajstić information content (AvgIpc) is 2.54.